The Morgan fingerprint density at radius 3 is 2.23 bits per heavy atom. The van der Waals surface area contributed by atoms with Gasteiger partial charge in [0.15, 0.2) is 5.11 Å². The van der Waals surface area contributed by atoms with Gasteiger partial charge in [-0.05, 0) is 78.8 Å². The zero-order chi connectivity index (χ0) is 22.2. The number of rotatable bonds is 8. The third-order valence-corrected chi connectivity index (χ3v) is 5.56. The zero-order valence-electron chi connectivity index (χ0n) is 17.4. The van der Waals surface area contributed by atoms with Crippen molar-refractivity contribution in [3.8, 4) is 11.5 Å². The van der Waals surface area contributed by atoms with Gasteiger partial charge in [-0.1, -0.05) is 41.4 Å². The molecule has 0 saturated heterocycles. The summed E-state index contributed by atoms with van der Waals surface area (Å²) in [5, 5.41) is 5.11. The van der Waals surface area contributed by atoms with Crippen molar-refractivity contribution in [1.82, 2.24) is 4.90 Å². The molecule has 0 aliphatic carbocycles. The molecule has 0 radical (unpaired) electrons. The molecule has 31 heavy (non-hydrogen) atoms. The van der Waals surface area contributed by atoms with Gasteiger partial charge in [-0.3, -0.25) is 0 Å². The number of thiocarbonyl (C=S) groups is 1. The standard InChI is InChI=1S/C24H24Cl2N2O2S/c1-3-30-22-12-8-20(9-13-22)27-24(31)28(15-17-4-10-21(29-2)11-5-17)16-18-6-7-19(25)14-23(18)26/h4-14H,3,15-16H2,1-2H3,(H,27,31). The van der Waals surface area contributed by atoms with Gasteiger partial charge in [0.2, 0.25) is 0 Å². The average Bonchev–Trinajstić information content (AvgIpc) is 2.77. The molecule has 0 fully saturated rings. The van der Waals surface area contributed by atoms with E-state index in [2.05, 4.69) is 10.2 Å². The number of hydrogen-bond acceptors (Lipinski definition) is 3. The van der Waals surface area contributed by atoms with Crippen molar-refractivity contribution in [3.63, 3.8) is 0 Å². The lowest BCUT2D eigenvalue weighted by Gasteiger charge is -2.27. The summed E-state index contributed by atoms with van der Waals surface area (Å²) >= 11 is 18.2. The Morgan fingerprint density at radius 2 is 1.61 bits per heavy atom. The normalized spacial score (nSPS) is 10.5. The van der Waals surface area contributed by atoms with Crippen molar-refractivity contribution >= 4 is 46.2 Å². The van der Waals surface area contributed by atoms with Crippen LogP contribution in [0.15, 0.2) is 66.7 Å². The van der Waals surface area contributed by atoms with Gasteiger partial charge in [-0.15, -0.1) is 0 Å². The molecule has 0 atom stereocenters. The van der Waals surface area contributed by atoms with E-state index in [4.69, 9.17) is 44.9 Å². The first-order chi connectivity index (χ1) is 15.0. The highest BCUT2D eigenvalue weighted by atomic mass is 35.5. The van der Waals surface area contributed by atoms with Gasteiger partial charge in [0, 0.05) is 28.8 Å². The van der Waals surface area contributed by atoms with Crippen LogP contribution in [0.2, 0.25) is 10.0 Å². The van der Waals surface area contributed by atoms with E-state index in [0.29, 0.717) is 34.9 Å². The maximum Gasteiger partial charge on any atom is 0.174 e. The molecule has 0 bridgehead atoms. The van der Waals surface area contributed by atoms with Crippen LogP contribution in [0.3, 0.4) is 0 Å². The molecule has 0 saturated carbocycles. The number of anilines is 1. The summed E-state index contributed by atoms with van der Waals surface area (Å²) in [6, 6.07) is 21.1. The van der Waals surface area contributed by atoms with Gasteiger partial charge in [0.25, 0.3) is 0 Å². The molecular weight excluding hydrogens is 451 g/mol. The van der Waals surface area contributed by atoms with Crippen LogP contribution in [0.4, 0.5) is 5.69 Å². The number of nitrogens with one attached hydrogen (secondary N) is 1. The van der Waals surface area contributed by atoms with E-state index >= 15 is 0 Å². The first-order valence-corrected chi connectivity index (χ1v) is 11.0. The fourth-order valence-corrected chi connectivity index (χ4v) is 3.73. The van der Waals surface area contributed by atoms with Crippen LogP contribution >= 0.6 is 35.4 Å². The van der Waals surface area contributed by atoms with E-state index in [-0.39, 0.29) is 0 Å². The maximum absolute atomic E-state index is 6.42. The average molecular weight is 475 g/mol. The molecule has 0 spiro atoms. The van der Waals surface area contributed by atoms with Gasteiger partial charge in [0.1, 0.15) is 11.5 Å². The van der Waals surface area contributed by atoms with Crippen molar-refractivity contribution in [1.29, 1.82) is 0 Å². The molecule has 0 aliphatic heterocycles. The predicted octanol–water partition coefficient (Wildman–Crippen LogP) is 6.80. The molecule has 4 nitrogen and oxygen atoms in total. The quantitative estimate of drug-likeness (QED) is 0.363. The number of methoxy groups -OCH3 is 1. The Balaban J connectivity index is 1.79. The van der Waals surface area contributed by atoms with Crippen LogP contribution in [0.25, 0.3) is 0 Å². The maximum atomic E-state index is 6.42. The summed E-state index contributed by atoms with van der Waals surface area (Å²) in [6.45, 7) is 3.72. The molecule has 7 heteroatoms. The summed E-state index contributed by atoms with van der Waals surface area (Å²) in [5.74, 6) is 1.63. The van der Waals surface area contributed by atoms with Gasteiger partial charge in [0.05, 0.1) is 13.7 Å². The molecule has 0 aromatic heterocycles. The second-order valence-corrected chi connectivity index (χ2v) is 8.06. The van der Waals surface area contributed by atoms with Crippen LogP contribution in [0.1, 0.15) is 18.1 Å². The second-order valence-electron chi connectivity index (χ2n) is 6.83. The minimum Gasteiger partial charge on any atom is -0.497 e. The van der Waals surface area contributed by atoms with E-state index in [9.17, 15) is 0 Å². The topological polar surface area (TPSA) is 33.7 Å². The van der Waals surface area contributed by atoms with E-state index < -0.39 is 0 Å². The summed E-state index contributed by atoms with van der Waals surface area (Å²) in [5.41, 5.74) is 2.92. The van der Waals surface area contributed by atoms with E-state index in [1.165, 1.54) is 0 Å². The first-order valence-electron chi connectivity index (χ1n) is 9.84. The molecule has 3 aromatic carbocycles. The molecule has 162 valence electrons. The lowest BCUT2D eigenvalue weighted by Crippen LogP contribution is -2.33. The fourth-order valence-electron chi connectivity index (χ4n) is 3.01. The number of benzene rings is 3. The van der Waals surface area contributed by atoms with Gasteiger partial charge >= 0.3 is 0 Å². The molecule has 3 aromatic rings. The Kier molecular flexibility index (Phi) is 8.41. The molecule has 1 N–H and O–H groups in total. The van der Waals surface area contributed by atoms with Gasteiger partial charge in [-0.2, -0.15) is 0 Å². The number of hydrogen-bond donors (Lipinski definition) is 1. The van der Waals surface area contributed by atoms with Gasteiger partial charge in [-0.25, -0.2) is 0 Å². The number of ether oxygens (including phenoxy) is 2. The van der Waals surface area contributed by atoms with Crippen LogP contribution in [0, 0.1) is 0 Å². The van der Waals surface area contributed by atoms with Crippen molar-refractivity contribution in [2.24, 2.45) is 0 Å². The zero-order valence-corrected chi connectivity index (χ0v) is 19.7. The SMILES string of the molecule is CCOc1ccc(NC(=S)N(Cc2ccc(OC)cc2)Cc2ccc(Cl)cc2Cl)cc1. The van der Waals surface area contributed by atoms with Gasteiger partial charge < -0.3 is 19.7 Å². The van der Waals surface area contributed by atoms with Crippen LogP contribution in [-0.4, -0.2) is 23.7 Å². The predicted molar refractivity (Wildman–Crippen MR) is 133 cm³/mol. The highest BCUT2D eigenvalue weighted by Gasteiger charge is 2.14. The largest absolute Gasteiger partial charge is 0.497 e. The third-order valence-electron chi connectivity index (χ3n) is 4.61. The van der Waals surface area contributed by atoms with E-state index in [0.717, 1.165) is 28.3 Å². The molecule has 0 amide bonds. The summed E-state index contributed by atoms with van der Waals surface area (Å²) < 4.78 is 10.8. The van der Waals surface area contributed by atoms with E-state index in [1.54, 1.807) is 13.2 Å². The summed E-state index contributed by atoms with van der Waals surface area (Å²) in [7, 11) is 1.65. The number of nitrogens with zero attached hydrogens (tertiary/aromatic N) is 1. The second kappa shape index (κ2) is 11.2. The van der Waals surface area contributed by atoms with Crippen LogP contribution < -0.4 is 14.8 Å². The first kappa shape index (κ1) is 23.2. The molecule has 0 unspecified atom stereocenters. The lowest BCUT2D eigenvalue weighted by molar-refractivity contribution is 0.340. The van der Waals surface area contributed by atoms with Crippen molar-refractivity contribution in [3.05, 3.63) is 87.9 Å². The van der Waals surface area contributed by atoms with Crippen LogP contribution in [0.5, 0.6) is 11.5 Å². The summed E-state index contributed by atoms with van der Waals surface area (Å²) in [4.78, 5) is 2.06. The Morgan fingerprint density at radius 1 is 0.935 bits per heavy atom. The Bertz CT molecular complexity index is 1010. The smallest absolute Gasteiger partial charge is 0.174 e. The monoisotopic (exact) mass is 474 g/mol. The molecule has 0 aliphatic rings. The summed E-state index contributed by atoms with van der Waals surface area (Å²) in [6.07, 6.45) is 0. The van der Waals surface area contributed by atoms with Crippen molar-refractivity contribution < 1.29 is 9.47 Å². The third kappa shape index (κ3) is 6.76. The molecular formula is C24H24Cl2N2O2S. The highest BCUT2D eigenvalue weighted by Crippen LogP contribution is 2.24. The lowest BCUT2D eigenvalue weighted by atomic mass is 10.1. The van der Waals surface area contributed by atoms with Crippen LogP contribution in [-0.2, 0) is 13.1 Å². The van der Waals surface area contributed by atoms with Crippen molar-refractivity contribution in [2.45, 2.75) is 20.0 Å². The fraction of sp³-hybridized carbons (Fsp3) is 0.208. The molecule has 0 heterocycles. The highest BCUT2D eigenvalue weighted by molar-refractivity contribution is 7.80. The minimum absolute atomic E-state index is 0.533. The Hall–Kier alpha value is -2.47. The molecule has 3 rings (SSSR count). The minimum atomic E-state index is 0.533. The number of halogens is 2. The Labute approximate surface area is 198 Å². The van der Waals surface area contributed by atoms with Crippen molar-refractivity contribution in [2.75, 3.05) is 19.0 Å². The van der Waals surface area contributed by atoms with E-state index in [1.807, 2.05) is 67.6 Å².